The number of rotatable bonds is 9. The van der Waals surface area contributed by atoms with Crippen LogP contribution in [0.5, 0.6) is 5.75 Å². The van der Waals surface area contributed by atoms with E-state index in [0.29, 0.717) is 23.2 Å². The Bertz CT molecular complexity index is 842. The van der Waals surface area contributed by atoms with Gasteiger partial charge in [0, 0.05) is 5.75 Å². The van der Waals surface area contributed by atoms with Crippen LogP contribution in [-0.4, -0.2) is 41.8 Å². The highest BCUT2D eigenvalue weighted by Crippen LogP contribution is 2.24. The summed E-state index contributed by atoms with van der Waals surface area (Å²) >= 11 is 1.36. The lowest BCUT2D eigenvalue weighted by molar-refractivity contribution is 0.291. The fourth-order valence-corrected chi connectivity index (χ4v) is 3.94. The van der Waals surface area contributed by atoms with Crippen LogP contribution >= 0.6 is 11.8 Å². The van der Waals surface area contributed by atoms with Gasteiger partial charge in [0.2, 0.25) is 15.2 Å². The molecule has 0 aliphatic carbocycles. The summed E-state index contributed by atoms with van der Waals surface area (Å²) in [5, 5.41) is 8.60. The molecule has 10 heteroatoms. The van der Waals surface area contributed by atoms with Gasteiger partial charge in [0.05, 0.1) is 5.75 Å². The third-order valence-electron chi connectivity index (χ3n) is 3.92. The predicted molar refractivity (Wildman–Crippen MR) is 108 cm³/mol. The molecule has 0 bridgehead atoms. The fraction of sp³-hybridized carbons (Fsp3) is 0.529. The maximum absolute atomic E-state index is 11.4. The number of hydrogen-bond donors (Lipinski definition) is 2. The fourth-order valence-electron chi connectivity index (χ4n) is 2.22. The molecule has 0 amide bonds. The van der Waals surface area contributed by atoms with Gasteiger partial charge >= 0.3 is 0 Å². The molecule has 0 aliphatic rings. The lowest BCUT2D eigenvalue weighted by Gasteiger charge is -2.19. The normalized spacial score (nSPS) is 12.3. The zero-order valence-electron chi connectivity index (χ0n) is 16.1. The molecule has 8 nitrogen and oxygen atoms in total. The Labute approximate surface area is 164 Å². The van der Waals surface area contributed by atoms with Gasteiger partial charge in [-0.3, -0.25) is 0 Å². The number of benzene rings is 1. The summed E-state index contributed by atoms with van der Waals surface area (Å²) in [5.74, 6) is 7.88. The van der Waals surface area contributed by atoms with Crippen molar-refractivity contribution < 1.29 is 13.2 Å². The van der Waals surface area contributed by atoms with Gasteiger partial charge < -0.3 is 10.6 Å². The van der Waals surface area contributed by atoms with E-state index in [4.69, 9.17) is 10.6 Å². The van der Waals surface area contributed by atoms with Crippen LogP contribution in [-0.2, 0) is 22.0 Å². The number of thioether (sulfide) groups is 1. The summed E-state index contributed by atoms with van der Waals surface area (Å²) in [4.78, 5) is 0. The van der Waals surface area contributed by atoms with Crippen LogP contribution in [0.15, 0.2) is 29.4 Å². The van der Waals surface area contributed by atoms with Gasteiger partial charge in [-0.15, -0.1) is 10.2 Å². The molecule has 150 valence electrons. The van der Waals surface area contributed by atoms with Gasteiger partial charge in [0.1, 0.15) is 12.4 Å². The Balaban J connectivity index is 1.86. The van der Waals surface area contributed by atoms with Crippen molar-refractivity contribution in [3.05, 3.63) is 35.7 Å². The van der Waals surface area contributed by atoms with Crippen molar-refractivity contribution in [2.75, 3.05) is 24.4 Å². The summed E-state index contributed by atoms with van der Waals surface area (Å²) in [5.41, 5.74) is 1.32. The van der Waals surface area contributed by atoms with Crippen molar-refractivity contribution in [1.82, 2.24) is 19.6 Å². The molecule has 0 atom stereocenters. The molecular weight excluding hydrogens is 386 g/mol. The first-order valence-electron chi connectivity index (χ1n) is 8.59. The van der Waals surface area contributed by atoms with Crippen molar-refractivity contribution in [3.8, 4) is 5.75 Å². The van der Waals surface area contributed by atoms with Crippen LogP contribution in [0.4, 0.5) is 0 Å². The van der Waals surface area contributed by atoms with Gasteiger partial charge in [-0.25, -0.2) is 17.8 Å². The van der Waals surface area contributed by atoms with Crippen LogP contribution in [0.3, 0.4) is 0 Å². The highest BCUT2D eigenvalue weighted by Gasteiger charge is 2.14. The lowest BCUT2D eigenvalue weighted by atomic mass is 9.87. The number of hydrogen-bond acceptors (Lipinski definition) is 7. The Morgan fingerprint density at radius 1 is 1.22 bits per heavy atom. The highest BCUT2D eigenvalue weighted by atomic mass is 32.2. The van der Waals surface area contributed by atoms with Gasteiger partial charge in [-0.2, -0.15) is 0 Å². The standard InChI is InChI=1S/C17H27N5O3S2/c1-17(2,3)13-6-8-14(9-7-13)25-12-15-20-21-16(22(15)18)26-10-5-11-27(23,24)19-4/h6-9,19H,5,10-12,18H2,1-4H3. The zero-order chi connectivity index (χ0) is 20.1. The monoisotopic (exact) mass is 413 g/mol. The van der Waals surface area contributed by atoms with E-state index in [1.807, 2.05) is 24.3 Å². The molecule has 1 aromatic carbocycles. The first-order valence-corrected chi connectivity index (χ1v) is 11.2. The van der Waals surface area contributed by atoms with E-state index >= 15 is 0 Å². The van der Waals surface area contributed by atoms with E-state index in [9.17, 15) is 8.42 Å². The Kier molecular flexibility index (Phi) is 7.12. The maximum atomic E-state index is 11.4. The molecule has 1 aromatic heterocycles. The maximum Gasteiger partial charge on any atom is 0.211 e. The average Bonchev–Trinajstić information content (AvgIpc) is 2.96. The van der Waals surface area contributed by atoms with E-state index in [-0.39, 0.29) is 17.8 Å². The number of sulfonamides is 1. The topological polar surface area (TPSA) is 112 Å². The summed E-state index contributed by atoms with van der Waals surface area (Å²) in [7, 11) is -1.78. The van der Waals surface area contributed by atoms with Crippen LogP contribution < -0.4 is 15.3 Å². The smallest absolute Gasteiger partial charge is 0.211 e. The molecule has 0 unspecified atom stereocenters. The molecule has 2 rings (SSSR count). The van der Waals surface area contributed by atoms with Gasteiger partial charge in [0.15, 0.2) is 5.82 Å². The number of nitrogens with two attached hydrogens (primary N) is 1. The van der Waals surface area contributed by atoms with E-state index in [1.54, 1.807) is 0 Å². The highest BCUT2D eigenvalue weighted by molar-refractivity contribution is 7.99. The first kappa shape index (κ1) is 21.5. The van der Waals surface area contributed by atoms with Crippen molar-refractivity contribution in [3.63, 3.8) is 0 Å². The third kappa shape index (κ3) is 6.40. The number of nitrogens with zero attached hydrogens (tertiary/aromatic N) is 3. The SMILES string of the molecule is CNS(=O)(=O)CCCSc1nnc(COc2ccc(C(C)(C)C)cc2)n1N. The molecular formula is C17H27N5O3S2. The molecule has 0 radical (unpaired) electrons. The molecule has 1 heterocycles. The largest absolute Gasteiger partial charge is 0.486 e. The van der Waals surface area contributed by atoms with E-state index in [1.165, 1.54) is 29.0 Å². The second-order valence-corrected chi connectivity index (χ2v) is 10.2. The van der Waals surface area contributed by atoms with Gasteiger partial charge in [-0.1, -0.05) is 44.7 Å². The Morgan fingerprint density at radius 3 is 2.48 bits per heavy atom. The minimum Gasteiger partial charge on any atom is -0.486 e. The van der Waals surface area contributed by atoms with Crippen molar-refractivity contribution in [2.24, 2.45) is 0 Å². The minimum atomic E-state index is -3.19. The Hall–Kier alpha value is -1.78. The molecule has 0 fully saturated rings. The number of aromatic nitrogens is 3. The quantitative estimate of drug-likeness (QED) is 0.367. The molecule has 0 saturated heterocycles. The van der Waals surface area contributed by atoms with Crippen molar-refractivity contribution >= 4 is 21.8 Å². The van der Waals surface area contributed by atoms with Gasteiger partial charge in [0.25, 0.3) is 0 Å². The number of nitrogens with one attached hydrogen (secondary N) is 1. The minimum absolute atomic E-state index is 0.0652. The Morgan fingerprint density at radius 2 is 1.89 bits per heavy atom. The molecule has 3 N–H and O–H groups in total. The lowest BCUT2D eigenvalue weighted by Crippen LogP contribution is -2.22. The molecule has 0 saturated carbocycles. The molecule has 0 spiro atoms. The second kappa shape index (κ2) is 8.94. The molecule has 27 heavy (non-hydrogen) atoms. The van der Waals surface area contributed by atoms with E-state index < -0.39 is 10.0 Å². The number of nitrogen functional groups attached to an aromatic ring is 1. The van der Waals surface area contributed by atoms with Crippen molar-refractivity contribution in [2.45, 2.75) is 44.4 Å². The second-order valence-electron chi connectivity index (χ2n) is 7.06. The summed E-state index contributed by atoms with van der Waals surface area (Å²) in [6.07, 6.45) is 0.493. The predicted octanol–water partition coefficient (Wildman–Crippen LogP) is 1.90. The van der Waals surface area contributed by atoms with Gasteiger partial charge in [-0.05, 0) is 36.6 Å². The molecule has 2 aromatic rings. The van der Waals surface area contributed by atoms with E-state index in [0.717, 1.165) is 5.75 Å². The molecule has 0 aliphatic heterocycles. The summed E-state index contributed by atoms with van der Waals surface area (Å²) < 4.78 is 32.2. The van der Waals surface area contributed by atoms with E-state index in [2.05, 4.69) is 35.7 Å². The van der Waals surface area contributed by atoms with Crippen LogP contribution in [0.25, 0.3) is 0 Å². The first-order chi connectivity index (χ1) is 12.6. The van der Waals surface area contributed by atoms with Crippen LogP contribution in [0.1, 0.15) is 38.6 Å². The zero-order valence-corrected chi connectivity index (χ0v) is 17.7. The summed E-state index contributed by atoms with van der Waals surface area (Å²) in [6, 6.07) is 7.94. The average molecular weight is 414 g/mol. The third-order valence-corrected chi connectivity index (χ3v) is 6.40. The van der Waals surface area contributed by atoms with Crippen LogP contribution in [0.2, 0.25) is 0 Å². The number of ether oxygens (including phenoxy) is 1. The van der Waals surface area contributed by atoms with Crippen LogP contribution in [0, 0.1) is 0 Å². The summed E-state index contributed by atoms with van der Waals surface area (Å²) in [6.45, 7) is 6.68. The van der Waals surface area contributed by atoms with Crippen molar-refractivity contribution in [1.29, 1.82) is 0 Å².